The van der Waals surface area contributed by atoms with E-state index in [1.54, 1.807) is 12.1 Å². The number of carbonyl (C=O) groups excluding carboxylic acids is 1. The molecule has 3 rings (SSSR count). The lowest BCUT2D eigenvalue weighted by Gasteiger charge is -2.42. The highest BCUT2D eigenvalue weighted by Crippen LogP contribution is 2.39. The van der Waals surface area contributed by atoms with Crippen LogP contribution in [0.5, 0.6) is 0 Å². The lowest BCUT2D eigenvalue weighted by Crippen LogP contribution is -2.50. The number of rotatable bonds is 6. The van der Waals surface area contributed by atoms with Gasteiger partial charge in [0.25, 0.3) is 0 Å². The molecule has 0 aliphatic carbocycles. The van der Waals surface area contributed by atoms with Crippen LogP contribution in [0, 0.1) is 0 Å². The van der Waals surface area contributed by atoms with Crippen LogP contribution in [0.1, 0.15) is 28.4 Å². The Bertz CT molecular complexity index is 821. The maximum absolute atomic E-state index is 13.1. The van der Waals surface area contributed by atoms with E-state index < -0.39 is 5.60 Å². The summed E-state index contributed by atoms with van der Waals surface area (Å²) in [5.74, 6) is -0.336. The van der Waals surface area contributed by atoms with E-state index >= 15 is 0 Å². The Hall–Kier alpha value is -2.91. The number of carbonyl (C=O) groups is 1. The van der Waals surface area contributed by atoms with Gasteiger partial charge in [-0.15, -0.1) is 0 Å². The van der Waals surface area contributed by atoms with E-state index in [1.807, 2.05) is 93.0 Å². The van der Waals surface area contributed by atoms with Crippen LogP contribution >= 0.6 is 0 Å². The van der Waals surface area contributed by atoms with Gasteiger partial charge in [0.15, 0.2) is 5.60 Å². The number of hydrogen-bond donors (Lipinski definition) is 0. The molecule has 0 radical (unpaired) electrons. The van der Waals surface area contributed by atoms with Crippen molar-refractivity contribution in [1.82, 2.24) is 4.90 Å². The minimum Gasteiger partial charge on any atom is -0.444 e. The van der Waals surface area contributed by atoms with Gasteiger partial charge < -0.3 is 9.64 Å². The van der Waals surface area contributed by atoms with Crippen molar-refractivity contribution < 1.29 is 9.53 Å². The van der Waals surface area contributed by atoms with E-state index in [1.165, 1.54) is 0 Å². The van der Waals surface area contributed by atoms with E-state index in [0.29, 0.717) is 5.56 Å². The number of esters is 1. The van der Waals surface area contributed by atoms with E-state index in [9.17, 15) is 4.79 Å². The maximum Gasteiger partial charge on any atom is 0.339 e. The molecule has 0 aromatic heterocycles. The second kappa shape index (κ2) is 8.19. The van der Waals surface area contributed by atoms with Gasteiger partial charge in [0.1, 0.15) is 0 Å². The van der Waals surface area contributed by atoms with Gasteiger partial charge in [0, 0.05) is 11.1 Å². The molecular formula is C24H25NO2. The van der Waals surface area contributed by atoms with Gasteiger partial charge in [-0.2, -0.15) is 0 Å². The highest BCUT2D eigenvalue weighted by Gasteiger charge is 2.45. The Balaban J connectivity index is 2.19. The summed E-state index contributed by atoms with van der Waals surface area (Å²) in [6, 6.07) is 29.0. The molecule has 0 N–H and O–H groups in total. The minimum absolute atomic E-state index is 0.0880. The van der Waals surface area contributed by atoms with Gasteiger partial charge in [0.05, 0.1) is 11.6 Å². The first kappa shape index (κ1) is 18.9. The first-order valence-electron chi connectivity index (χ1n) is 9.11. The molecule has 138 valence electrons. The fraction of sp³-hybridized carbons (Fsp3) is 0.208. The summed E-state index contributed by atoms with van der Waals surface area (Å²) in [4.78, 5) is 15.2. The van der Waals surface area contributed by atoms with Gasteiger partial charge in [-0.1, -0.05) is 78.9 Å². The van der Waals surface area contributed by atoms with E-state index in [2.05, 4.69) is 11.8 Å². The molecular weight excluding hydrogens is 334 g/mol. The Kier molecular flexibility index (Phi) is 5.72. The van der Waals surface area contributed by atoms with E-state index in [4.69, 9.17) is 4.74 Å². The lowest BCUT2D eigenvalue weighted by atomic mass is 9.80. The van der Waals surface area contributed by atoms with E-state index in [-0.39, 0.29) is 12.0 Å². The van der Waals surface area contributed by atoms with Gasteiger partial charge in [-0.25, -0.2) is 4.79 Å². The van der Waals surface area contributed by atoms with Crippen LogP contribution in [-0.4, -0.2) is 31.0 Å². The molecule has 1 atom stereocenters. The molecule has 0 saturated heterocycles. The summed E-state index contributed by atoms with van der Waals surface area (Å²) in [5.41, 5.74) is 1.50. The van der Waals surface area contributed by atoms with Crippen molar-refractivity contribution in [1.29, 1.82) is 0 Å². The van der Waals surface area contributed by atoms with Crippen molar-refractivity contribution in [3.8, 4) is 0 Å². The van der Waals surface area contributed by atoms with Crippen molar-refractivity contribution in [3.63, 3.8) is 0 Å². The summed E-state index contributed by atoms with van der Waals surface area (Å²) in [6.45, 7) is 2.08. The predicted molar refractivity (Wildman–Crippen MR) is 109 cm³/mol. The molecule has 0 unspecified atom stereocenters. The molecule has 0 aliphatic heterocycles. The summed E-state index contributed by atoms with van der Waals surface area (Å²) in [5, 5.41) is 0. The van der Waals surface area contributed by atoms with Crippen LogP contribution in [-0.2, 0) is 10.3 Å². The van der Waals surface area contributed by atoms with Crippen LogP contribution in [0.2, 0.25) is 0 Å². The third-order valence-corrected chi connectivity index (χ3v) is 5.03. The standard InChI is InChI=1S/C24H25NO2/c1-19(25(2)3)24(21-15-9-5-10-16-21,22-17-11-6-12-18-22)27-23(26)20-13-7-4-8-14-20/h4-19H,1-3H3/t19-/m1/s1. The molecule has 0 aliphatic rings. The highest BCUT2D eigenvalue weighted by atomic mass is 16.6. The molecule has 0 amide bonds. The fourth-order valence-electron chi connectivity index (χ4n) is 3.37. The normalized spacial score (nSPS) is 12.6. The molecule has 0 bridgehead atoms. The average Bonchev–Trinajstić information content (AvgIpc) is 2.73. The van der Waals surface area contributed by atoms with Crippen LogP contribution in [0.4, 0.5) is 0 Å². The Morgan fingerprint density at radius 1 is 0.778 bits per heavy atom. The zero-order chi connectivity index (χ0) is 19.3. The molecule has 3 aromatic rings. The van der Waals surface area contributed by atoms with Crippen LogP contribution < -0.4 is 0 Å². The summed E-state index contributed by atoms with van der Waals surface area (Å²) in [7, 11) is 4.00. The number of ether oxygens (including phenoxy) is 1. The van der Waals surface area contributed by atoms with Crippen molar-refractivity contribution in [2.45, 2.75) is 18.6 Å². The summed E-state index contributed by atoms with van der Waals surface area (Å²) < 4.78 is 6.34. The second-order valence-electron chi connectivity index (χ2n) is 6.86. The average molecular weight is 359 g/mol. The molecule has 27 heavy (non-hydrogen) atoms. The molecule has 3 nitrogen and oxygen atoms in total. The van der Waals surface area contributed by atoms with E-state index in [0.717, 1.165) is 11.1 Å². The minimum atomic E-state index is -0.932. The SMILES string of the molecule is C[C@@H](N(C)C)C(OC(=O)c1ccccc1)(c1ccccc1)c1ccccc1. The number of likely N-dealkylation sites (N-methyl/N-ethyl adjacent to an activating group) is 1. The Labute approximate surface area is 161 Å². The van der Waals surface area contributed by atoms with Crippen molar-refractivity contribution in [3.05, 3.63) is 108 Å². The zero-order valence-corrected chi connectivity index (χ0v) is 16.0. The Morgan fingerprint density at radius 3 is 1.59 bits per heavy atom. The van der Waals surface area contributed by atoms with Gasteiger partial charge in [-0.3, -0.25) is 0 Å². The van der Waals surface area contributed by atoms with Crippen LogP contribution in [0.15, 0.2) is 91.0 Å². The molecule has 3 aromatic carbocycles. The molecule has 0 spiro atoms. The van der Waals surface area contributed by atoms with Gasteiger partial charge in [0.2, 0.25) is 0 Å². The van der Waals surface area contributed by atoms with Crippen molar-refractivity contribution in [2.24, 2.45) is 0 Å². The first-order chi connectivity index (χ1) is 13.1. The smallest absolute Gasteiger partial charge is 0.339 e. The van der Waals surface area contributed by atoms with Gasteiger partial charge >= 0.3 is 5.97 Å². The summed E-state index contributed by atoms with van der Waals surface area (Å²) >= 11 is 0. The first-order valence-corrected chi connectivity index (χ1v) is 9.11. The number of hydrogen-bond acceptors (Lipinski definition) is 3. The summed E-state index contributed by atoms with van der Waals surface area (Å²) in [6.07, 6.45) is 0. The van der Waals surface area contributed by atoms with Gasteiger partial charge in [-0.05, 0) is 33.2 Å². The molecule has 3 heteroatoms. The molecule has 0 saturated carbocycles. The number of benzene rings is 3. The van der Waals surface area contributed by atoms with Crippen molar-refractivity contribution >= 4 is 5.97 Å². The number of nitrogens with zero attached hydrogens (tertiary/aromatic N) is 1. The molecule has 0 heterocycles. The Morgan fingerprint density at radius 2 is 1.19 bits per heavy atom. The largest absolute Gasteiger partial charge is 0.444 e. The molecule has 0 fully saturated rings. The highest BCUT2D eigenvalue weighted by molar-refractivity contribution is 5.90. The lowest BCUT2D eigenvalue weighted by molar-refractivity contribution is -0.0355. The van der Waals surface area contributed by atoms with Crippen LogP contribution in [0.3, 0.4) is 0 Å². The predicted octanol–water partition coefficient (Wildman–Crippen LogP) is 4.74. The van der Waals surface area contributed by atoms with Crippen LogP contribution in [0.25, 0.3) is 0 Å². The quantitative estimate of drug-likeness (QED) is 0.596. The van der Waals surface area contributed by atoms with Crippen molar-refractivity contribution in [2.75, 3.05) is 14.1 Å². The second-order valence-corrected chi connectivity index (χ2v) is 6.86. The third-order valence-electron chi connectivity index (χ3n) is 5.03. The maximum atomic E-state index is 13.1. The fourth-order valence-corrected chi connectivity index (χ4v) is 3.37. The zero-order valence-electron chi connectivity index (χ0n) is 16.0. The third kappa shape index (κ3) is 3.79. The topological polar surface area (TPSA) is 29.5 Å². The monoisotopic (exact) mass is 359 g/mol.